The summed E-state index contributed by atoms with van der Waals surface area (Å²) >= 11 is 0. The molecule has 1 fully saturated rings. The third-order valence-corrected chi connectivity index (χ3v) is 1.61. The molecule has 1 aliphatic heterocycles. The maximum absolute atomic E-state index is 5.10. The lowest BCUT2D eigenvalue weighted by atomic mass is 10.3. The maximum Gasteiger partial charge on any atom is 0.152 e. The summed E-state index contributed by atoms with van der Waals surface area (Å²) < 4.78 is 0. The second-order valence-electron chi connectivity index (χ2n) is 2.32. The van der Waals surface area contributed by atoms with Crippen LogP contribution < -0.4 is 0 Å². The van der Waals surface area contributed by atoms with Crippen molar-refractivity contribution in [3.05, 3.63) is 0 Å². The van der Waals surface area contributed by atoms with Crippen LogP contribution in [0, 0.1) is 0 Å². The molecule has 0 aliphatic carbocycles. The van der Waals surface area contributed by atoms with Crippen LogP contribution in [0.4, 0.5) is 0 Å². The lowest BCUT2D eigenvalue weighted by molar-refractivity contribution is 0.152. The van der Waals surface area contributed by atoms with Crippen molar-refractivity contribution in [2.24, 2.45) is 0 Å². The minimum Gasteiger partial charge on any atom is -0.275 e. The molecule has 0 aromatic rings. The number of rotatable bonds is 2. The highest BCUT2D eigenvalue weighted by molar-refractivity contribution is 4.66. The van der Waals surface area contributed by atoms with Gasteiger partial charge in [-0.15, -0.1) is 0 Å². The number of hydroxylamine groups is 2. The van der Waals surface area contributed by atoms with Gasteiger partial charge in [0, 0.05) is 6.04 Å². The van der Waals surface area contributed by atoms with Crippen molar-refractivity contribution in [1.82, 2.24) is 5.06 Å². The van der Waals surface area contributed by atoms with Crippen molar-refractivity contribution in [3.63, 3.8) is 0 Å². The van der Waals surface area contributed by atoms with Gasteiger partial charge in [-0.05, 0) is 20.3 Å². The molecule has 0 N–H and O–H groups in total. The molecule has 0 spiro atoms. The fourth-order valence-electron chi connectivity index (χ4n) is 0.791. The Kier molecular flexibility index (Phi) is 1.54. The Hall–Kier alpha value is -0.0800. The predicted molar refractivity (Wildman–Crippen MR) is 32.1 cm³/mol. The molecule has 1 saturated heterocycles. The van der Waals surface area contributed by atoms with Crippen molar-refractivity contribution >= 4 is 0 Å². The van der Waals surface area contributed by atoms with E-state index in [0.717, 1.165) is 0 Å². The highest BCUT2D eigenvalue weighted by Gasteiger charge is 2.34. The highest BCUT2D eigenvalue weighted by atomic mass is 16.8. The zero-order chi connectivity index (χ0) is 6.15. The van der Waals surface area contributed by atoms with Crippen molar-refractivity contribution in [3.8, 4) is 0 Å². The minimum absolute atomic E-state index is 0.380. The Bertz CT molecular complexity index is 82.6. The first-order chi connectivity index (χ1) is 3.75. The molecular formula is C6H13NO. The monoisotopic (exact) mass is 115 g/mol. The van der Waals surface area contributed by atoms with Crippen molar-refractivity contribution < 1.29 is 4.84 Å². The molecule has 1 heterocycles. The van der Waals surface area contributed by atoms with Crippen LogP contribution in [0.25, 0.3) is 0 Å². The van der Waals surface area contributed by atoms with E-state index in [0.29, 0.717) is 12.3 Å². The summed E-state index contributed by atoms with van der Waals surface area (Å²) in [5, 5.41) is 2.01. The van der Waals surface area contributed by atoms with E-state index in [9.17, 15) is 0 Å². The van der Waals surface area contributed by atoms with E-state index < -0.39 is 0 Å². The zero-order valence-corrected chi connectivity index (χ0v) is 5.72. The first-order valence-corrected chi connectivity index (χ1v) is 3.20. The van der Waals surface area contributed by atoms with Gasteiger partial charge in [-0.2, -0.15) is 5.06 Å². The molecule has 8 heavy (non-hydrogen) atoms. The lowest BCUT2D eigenvalue weighted by Gasteiger charge is -2.03. The molecule has 2 heteroatoms. The average molecular weight is 115 g/mol. The van der Waals surface area contributed by atoms with Gasteiger partial charge in [0.15, 0.2) is 6.23 Å². The van der Waals surface area contributed by atoms with E-state index in [4.69, 9.17) is 4.84 Å². The topological polar surface area (TPSA) is 15.5 Å². The van der Waals surface area contributed by atoms with Gasteiger partial charge in [0.1, 0.15) is 0 Å². The molecule has 1 rings (SSSR count). The molecule has 0 saturated carbocycles. The Morgan fingerprint density at radius 3 is 2.38 bits per heavy atom. The predicted octanol–water partition coefficient (Wildman–Crippen LogP) is 1.38. The van der Waals surface area contributed by atoms with E-state index in [2.05, 4.69) is 20.8 Å². The minimum atomic E-state index is 0.380. The van der Waals surface area contributed by atoms with Gasteiger partial charge in [-0.25, -0.2) is 0 Å². The van der Waals surface area contributed by atoms with E-state index in [-0.39, 0.29) is 0 Å². The fraction of sp³-hybridized carbons (Fsp3) is 1.00. The second kappa shape index (κ2) is 2.03. The van der Waals surface area contributed by atoms with Crippen LogP contribution in [0.3, 0.4) is 0 Å². The molecule has 0 aromatic carbocycles. The summed E-state index contributed by atoms with van der Waals surface area (Å²) in [7, 11) is 0. The quantitative estimate of drug-likeness (QED) is 0.505. The smallest absolute Gasteiger partial charge is 0.152 e. The van der Waals surface area contributed by atoms with Gasteiger partial charge >= 0.3 is 0 Å². The third-order valence-electron chi connectivity index (χ3n) is 1.61. The van der Waals surface area contributed by atoms with Crippen molar-refractivity contribution in [2.75, 3.05) is 0 Å². The van der Waals surface area contributed by atoms with E-state index >= 15 is 0 Å². The molecule has 0 amide bonds. The van der Waals surface area contributed by atoms with Gasteiger partial charge in [0.05, 0.1) is 0 Å². The molecule has 0 radical (unpaired) electrons. The number of nitrogens with zero attached hydrogens (tertiary/aromatic N) is 1. The maximum atomic E-state index is 5.10. The molecule has 0 aromatic heterocycles. The van der Waals surface area contributed by atoms with E-state index in [1.807, 2.05) is 5.06 Å². The summed E-state index contributed by atoms with van der Waals surface area (Å²) in [6.07, 6.45) is 1.55. The summed E-state index contributed by atoms with van der Waals surface area (Å²) in [4.78, 5) is 5.10. The molecule has 3 unspecified atom stereocenters. The van der Waals surface area contributed by atoms with Gasteiger partial charge in [0.2, 0.25) is 0 Å². The largest absolute Gasteiger partial charge is 0.275 e. The number of hydrogen-bond donors (Lipinski definition) is 0. The Morgan fingerprint density at radius 1 is 1.75 bits per heavy atom. The van der Waals surface area contributed by atoms with Crippen LogP contribution in [-0.2, 0) is 4.84 Å². The van der Waals surface area contributed by atoms with Crippen molar-refractivity contribution in [2.45, 2.75) is 39.5 Å². The van der Waals surface area contributed by atoms with Crippen LogP contribution >= 0.6 is 0 Å². The van der Waals surface area contributed by atoms with Gasteiger partial charge < -0.3 is 0 Å². The van der Waals surface area contributed by atoms with Gasteiger partial charge in [-0.3, -0.25) is 4.84 Å². The first kappa shape index (κ1) is 6.05. The molecule has 2 nitrogen and oxygen atoms in total. The van der Waals surface area contributed by atoms with Crippen LogP contribution in [0.2, 0.25) is 0 Å². The number of hydrogen-bond acceptors (Lipinski definition) is 2. The summed E-state index contributed by atoms with van der Waals surface area (Å²) in [6.45, 7) is 6.40. The average Bonchev–Trinajstić information content (AvgIpc) is 2.45. The highest BCUT2D eigenvalue weighted by Crippen LogP contribution is 2.23. The SMILES string of the molecule is CCC(C)N1OC1C. The van der Waals surface area contributed by atoms with Crippen molar-refractivity contribution in [1.29, 1.82) is 0 Å². The van der Waals surface area contributed by atoms with Crippen LogP contribution in [-0.4, -0.2) is 17.3 Å². The third kappa shape index (κ3) is 1.01. The molecule has 1 aliphatic rings. The second-order valence-corrected chi connectivity index (χ2v) is 2.32. The molecule has 3 atom stereocenters. The van der Waals surface area contributed by atoms with Crippen LogP contribution in [0.15, 0.2) is 0 Å². The van der Waals surface area contributed by atoms with Crippen LogP contribution in [0.1, 0.15) is 27.2 Å². The van der Waals surface area contributed by atoms with E-state index in [1.54, 1.807) is 0 Å². The van der Waals surface area contributed by atoms with Gasteiger partial charge in [-0.1, -0.05) is 6.92 Å². The Labute approximate surface area is 50.4 Å². The lowest BCUT2D eigenvalue weighted by Crippen LogP contribution is -2.13. The Morgan fingerprint density at radius 2 is 2.25 bits per heavy atom. The first-order valence-electron chi connectivity index (χ1n) is 3.20. The Balaban J connectivity index is 2.18. The summed E-state index contributed by atoms with van der Waals surface area (Å²) in [5.41, 5.74) is 0. The molecule has 48 valence electrons. The molecular weight excluding hydrogens is 102 g/mol. The summed E-state index contributed by atoms with van der Waals surface area (Å²) in [5.74, 6) is 0. The fourth-order valence-corrected chi connectivity index (χ4v) is 0.791. The van der Waals surface area contributed by atoms with E-state index in [1.165, 1.54) is 6.42 Å². The van der Waals surface area contributed by atoms with Crippen LogP contribution in [0.5, 0.6) is 0 Å². The van der Waals surface area contributed by atoms with Gasteiger partial charge in [0.25, 0.3) is 0 Å². The zero-order valence-electron chi connectivity index (χ0n) is 5.72. The normalized spacial score (nSPS) is 39.4. The summed E-state index contributed by atoms with van der Waals surface area (Å²) in [6, 6.07) is 0.602. The molecule has 0 bridgehead atoms. The standard InChI is InChI=1S/C6H13NO/c1-4-5(2)7-6(3)8-7/h5-6H,4H2,1-3H3.